The monoisotopic (exact) mass is 265 g/mol. The number of nitrogen functional groups attached to an aromatic ring is 2. The van der Waals surface area contributed by atoms with Crippen LogP contribution in [0.3, 0.4) is 0 Å². The van der Waals surface area contributed by atoms with Gasteiger partial charge in [-0.05, 0) is 5.56 Å². The number of rotatable bonds is 1. The zero-order chi connectivity index (χ0) is 13.7. The Bertz CT molecular complexity index is 865. The van der Waals surface area contributed by atoms with Crippen molar-refractivity contribution in [2.45, 2.75) is 0 Å². The molecule has 0 aliphatic carbocycles. The van der Waals surface area contributed by atoms with E-state index >= 15 is 0 Å². The summed E-state index contributed by atoms with van der Waals surface area (Å²) >= 11 is 0. The summed E-state index contributed by atoms with van der Waals surface area (Å²) in [6.07, 6.45) is 0. The molecule has 1 aromatic carbocycles. The normalized spacial score (nSPS) is 11.4. The Morgan fingerprint density at radius 1 is 0.900 bits per heavy atom. The highest BCUT2D eigenvalue weighted by atomic mass is 15.2. The highest BCUT2D eigenvalue weighted by molar-refractivity contribution is 6.14. The van der Waals surface area contributed by atoms with E-state index in [0.717, 1.165) is 21.9 Å². The van der Waals surface area contributed by atoms with Crippen LogP contribution < -0.4 is 11.5 Å². The van der Waals surface area contributed by atoms with Crippen LogP contribution in [0, 0.1) is 0 Å². The number of hydrogen-bond donors (Lipinski definition) is 4. The van der Waals surface area contributed by atoms with Gasteiger partial charge in [-0.1, -0.05) is 30.3 Å². The molecule has 0 atom stereocenters. The van der Waals surface area contributed by atoms with Gasteiger partial charge in [0.25, 0.3) is 0 Å². The molecule has 0 aliphatic heterocycles. The first-order valence-corrected chi connectivity index (χ1v) is 6.08. The molecular weight excluding hydrogens is 254 g/mol. The molecule has 3 aromatic heterocycles. The summed E-state index contributed by atoms with van der Waals surface area (Å²) < 4.78 is 0. The Labute approximate surface area is 113 Å². The van der Waals surface area contributed by atoms with Crippen molar-refractivity contribution in [2.75, 3.05) is 11.5 Å². The van der Waals surface area contributed by atoms with Gasteiger partial charge in [0.05, 0.1) is 10.8 Å². The van der Waals surface area contributed by atoms with Crippen LogP contribution in [0.5, 0.6) is 0 Å². The number of aromatic amines is 2. The van der Waals surface area contributed by atoms with Crippen molar-refractivity contribution in [1.29, 1.82) is 0 Å². The fourth-order valence-electron chi connectivity index (χ4n) is 2.47. The third-order valence-electron chi connectivity index (χ3n) is 3.33. The first-order valence-electron chi connectivity index (χ1n) is 6.08. The average Bonchev–Trinajstić information content (AvgIpc) is 3.03. The predicted molar refractivity (Wildman–Crippen MR) is 77.8 cm³/mol. The third-order valence-corrected chi connectivity index (χ3v) is 3.33. The first-order chi connectivity index (χ1) is 9.75. The topological polar surface area (TPSA) is 122 Å². The molecule has 0 saturated carbocycles. The van der Waals surface area contributed by atoms with Crippen molar-refractivity contribution in [2.24, 2.45) is 0 Å². The zero-order valence-electron chi connectivity index (χ0n) is 10.4. The van der Waals surface area contributed by atoms with Gasteiger partial charge in [0.15, 0.2) is 17.1 Å². The minimum atomic E-state index is 0.397. The summed E-state index contributed by atoms with van der Waals surface area (Å²) in [7, 11) is 0. The highest BCUT2D eigenvalue weighted by Gasteiger charge is 2.19. The molecule has 20 heavy (non-hydrogen) atoms. The summed E-state index contributed by atoms with van der Waals surface area (Å²) in [4.78, 5) is 4.39. The lowest BCUT2D eigenvalue weighted by Crippen LogP contribution is -1.92. The molecule has 4 rings (SSSR count). The van der Waals surface area contributed by atoms with Crippen molar-refractivity contribution in [3.8, 4) is 11.1 Å². The van der Waals surface area contributed by atoms with E-state index in [-0.39, 0.29) is 0 Å². The van der Waals surface area contributed by atoms with Crippen LogP contribution in [0.1, 0.15) is 0 Å². The molecule has 0 spiro atoms. The quantitative estimate of drug-likeness (QED) is 0.417. The van der Waals surface area contributed by atoms with Crippen LogP contribution in [0.4, 0.5) is 11.6 Å². The molecule has 6 N–H and O–H groups in total. The molecule has 0 radical (unpaired) electrons. The number of aromatic nitrogens is 5. The molecule has 0 aliphatic rings. The molecular formula is C13H11N7. The second kappa shape index (κ2) is 3.70. The number of nitrogens with zero attached hydrogens (tertiary/aromatic N) is 3. The number of benzene rings is 1. The summed E-state index contributed by atoms with van der Waals surface area (Å²) in [6, 6.07) is 9.86. The first kappa shape index (κ1) is 10.8. The third kappa shape index (κ3) is 1.31. The summed E-state index contributed by atoms with van der Waals surface area (Å²) in [5, 5.41) is 15.2. The van der Waals surface area contributed by atoms with E-state index in [9.17, 15) is 0 Å². The molecule has 3 heterocycles. The number of hydrogen-bond acceptors (Lipinski definition) is 5. The largest absolute Gasteiger partial charge is 0.383 e. The van der Waals surface area contributed by atoms with Gasteiger partial charge in [-0.3, -0.25) is 10.2 Å². The van der Waals surface area contributed by atoms with Gasteiger partial charge in [-0.25, -0.2) is 4.98 Å². The van der Waals surface area contributed by atoms with Crippen molar-refractivity contribution >= 4 is 33.7 Å². The number of H-pyrrole nitrogens is 2. The fraction of sp³-hybridized carbons (Fsp3) is 0. The van der Waals surface area contributed by atoms with Crippen molar-refractivity contribution in [3.63, 3.8) is 0 Å². The molecule has 0 unspecified atom stereocenters. The Morgan fingerprint density at radius 2 is 1.70 bits per heavy atom. The van der Waals surface area contributed by atoms with Gasteiger partial charge in [0, 0.05) is 5.56 Å². The van der Waals surface area contributed by atoms with Crippen molar-refractivity contribution in [1.82, 2.24) is 25.4 Å². The Morgan fingerprint density at radius 3 is 2.50 bits per heavy atom. The molecule has 0 amide bonds. The highest BCUT2D eigenvalue weighted by Crippen LogP contribution is 2.37. The minimum absolute atomic E-state index is 0.397. The Balaban J connectivity index is 2.28. The summed E-state index contributed by atoms with van der Waals surface area (Å²) in [5.41, 5.74) is 15.0. The van der Waals surface area contributed by atoms with E-state index in [2.05, 4.69) is 25.4 Å². The van der Waals surface area contributed by atoms with Crippen LogP contribution >= 0.6 is 0 Å². The van der Waals surface area contributed by atoms with Crippen LogP contribution in [0.15, 0.2) is 30.3 Å². The number of nitrogens with one attached hydrogen (secondary N) is 2. The van der Waals surface area contributed by atoms with Gasteiger partial charge in [0.1, 0.15) is 5.82 Å². The molecule has 0 bridgehead atoms. The van der Waals surface area contributed by atoms with Crippen molar-refractivity contribution in [3.05, 3.63) is 30.3 Å². The lowest BCUT2D eigenvalue weighted by atomic mass is 10.00. The lowest BCUT2D eigenvalue weighted by molar-refractivity contribution is 1.09. The Hall–Kier alpha value is -3.09. The number of fused-ring (bicyclic) bond motifs is 2. The van der Waals surface area contributed by atoms with E-state index in [1.165, 1.54) is 0 Å². The molecule has 98 valence electrons. The van der Waals surface area contributed by atoms with E-state index in [0.29, 0.717) is 22.9 Å². The van der Waals surface area contributed by atoms with E-state index in [1.54, 1.807) is 0 Å². The van der Waals surface area contributed by atoms with Crippen LogP contribution in [0.2, 0.25) is 0 Å². The van der Waals surface area contributed by atoms with Gasteiger partial charge in [0.2, 0.25) is 0 Å². The van der Waals surface area contributed by atoms with Crippen LogP contribution in [-0.4, -0.2) is 25.4 Å². The molecule has 7 heteroatoms. The summed E-state index contributed by atoms with van der Waals surface area (Å²) in [5.74, 6) is 0.864. The Kier molecular flexibility index (Phi) is 2.00. The van der Waals surface area contributed by atoms with Gasteiger partial charge < -0.3 is 11.5 Å². The smallest absolute Gasteiger partial charge is 0.185 e. The van der Waals surface area contributed by atoms with Crippen LogP contribution in [0.25, 0.3) is 33.2 Å². The predicted octanol–water partition coefficient (Wildman–Crippen LogP) is 1.67. The molecule has 7 nitrogen and oxygen atoms in total. The summed E-state index contributed by atoms with van der Waals surface area (Å²) in [6.45, 7) is 0. The second-order valence-corrected chi connectivity index (χ2v) is 4.52. The number of pyridine rings is 1. The molecule has 0 fully saturated rings. The minimum Gasteiger partial charge on any atom is -0.383 e. The van der Waals surface area contributed by atoms with Crippen LogP contribution in [-0.2, 0) is 0 Å². The maximum absolute atomic E-state index is 5.99. The van der Waals surface area contributed by atoms with E-state index < -0.39 is 0 Å². The van der Waals surface area contributed by atoms with E-state index in [4.69, 9.17) is 11.5 Å². The maximum atomic E-state index is 5.99. The van der Waals surface area contributed by atoms with E-state index in [1.807, 2.05) is 30.3 Å². The average molecular weight is 265 g/mol. The number of nitrogens with two attached hydrogens (primary N) is 2. The van der Waals surface area contributed by atoms with Gasteiger partial charge in [-0.2, -0.15) is 10.2 Å². The second-order valence-electron chi connectivity index (χ2n) is 4.52. The van der Waals surface area contributed by atoms with Gasteiger partial charge in [-0.15, -0.1) is 0 Å². The SMILES string of the molecule is Nc1[nH]nc2nc3[nH]nc(N)c3c(-c3ccccc3)c12. The fourth-order valence-corrected chi connectivity index (χ4v) is 2.47. The van der Waals surface area contributed by atoms with Crippen molar-refractivity contribution < 1.29 is 0 Å². The lowest BCUT2D eigenvalue weighted by Gasteiger charge is -2.06. The zero-order valence-corrected chi connectivity index (χ0v) is 10.4. The maximum Gasteiger partial charge on any atom is 0.185 e. The van der Waals surface area contributed by atoms with Gasteiger partial charge >= 0.3 is 0 Å². The standard InChI is InChI=1S/C13H11N7/c14-10-8-7(6-4-2-1-3-5-6)9-11(15)18-20-13(9)16-12(8)19-17-10/h1-5H,(H6,14,15,16,17,18,19,20). The molecule has 4 aromatic rings. The number of anilines is 2. The molecule has 0 saturated heterocycles.